The van der Waals surface area contributed by atoms with Gasteiger partial charge in [-0.2, -0.15) is 17.0 Å². The molecule has 0 bridgehead atoms. The van der Waals surface area contributed by atoms with Gasteiger partial charge in [0.1, 0.15) is 17.6 Å². The zero-order valence-electron chi connectivity index (χ0n) is 18.0. The molecule has 0 aliphatic carbocycles. The van der Waals surface area contributed by atoms with Crippen molar-refractivity contribution in [3.63, 3.8) is 0 Å². The lowest BCUT2D eigenvalue weighted by Crippen LogP contribution is -2.12. The highest BCUT2D eigenvalue weighted by Gasteiger charge is 2.10. The van der Waals surface area contributed by atoms with Gasteiger partial charge < -0.3 is 20.1 Å². The number of methoxy groups -OCH3 is 2. The Morgan fingerprint density at radius 3 is 2.66 bits per heavy atom. The van der Waals surface area contributed by atoms with Crippen LogP contribution < -0.4 is 20.1 Å². The van der Waals surface area contributed by atoms with Crippen molar-refractivity contribution in [2.45, 2.75) is 6.42 Å². The molecule has 0 spiro atoms. The highest BCUT2D eigenvalue weighted by atomic mass is 32.2. The second-order valence-corrected chi connectivity index (χ2v) is 7.64. The van der Waals surface area contributed by atoms with E-state index >= 15 is 0 Å². The number of amides is 1. The van der Waals surface area contributed by atoms with Crippen molar-refractivity contribution in [3.8, 4) is 28.8 Å². The van der Waals surface area contributed by atoms with E-state index in [1.807, 2.05) is 12.3 Å². The van der Waals surface area contributed by atoms with Gasteiger partial charge in [0, 0.05) is 47.4 Å². The number of aromatic nitrogens is 2. The van der Waals surface area contributed by atoms with Gasteiger partial charge in [0.2, 0.25) is 11.9 Å². The zero-order valence-corrected chi connectivity index (χ0v) is 18.8. The molecular formula is C23H23N5O3S. The van der Waals surface area contributed by atoms with E-state index in [9.17, 15) is 10.1 Å². The normalized spacial score (nSPS) is 10.2. The number of nitrogens with zero attached hydrogens (tertiary/aromatic N) is 3. The molecule has 0 unspecified atom stereocenters. The number of carbonyl (C=O) groups is 1. The number of ether oxygens (including phenoxy) is 2. The van der Waals surface area contributed by atoms with E-state index in [1.54, 1.807) is 61.5 Å². The third kappa shape index (κ3) is 5.89. The first kappa shape index (κ1) is 22.9. The lowest BCUT2D eigenvalue weighted by Gasteiger charge is -2.12. The Morgan fingerprint density at radius 1 is 1.12 bits per heavy atom. The molecule has 3 rings (SSSR count). The second-order valence-electron chi connectivity index (χ2n) is 6.66. The van der Waals surface area contributed by atoms with Crippen LogP contribution in [0.25, 0.3) is 11.3 Å². The Balaban J connectivity index is 1.84. The maximum atomic E-state index is 12.1. The average molecular weight is 450 g/mol. The summed E-state index contributed by atoms with van der Waals surface area (Å²) < 4.78 is 10.6. The van der Waals surface area contributed by atoms with Crippen LogP contribution in [0.5, 0.6) is 11.5 Å². The molecule has 0 saturated carbocycles. The van der Waals surface area contributed by atoms with Crippen LogP contribution >= 0.6 is 11.8 Å². The monoisotopic (exact) mass is 449 g/mol. The van der Waals surface area contributed by atoms with Gasteiger partial charge in [-0.3, -0.25) is 4.79 Å². The fourth-order valence-electron chi connectivity index (χ4n) is 2.94. The van der Waals surface area contributed by atoms with Gasteiger partial charge in [0.25, 0.3) is 0 Å². The first-order valence-corrected chi connectivity index (χ1v) is 11.1. The minimum absolute atomic E-state index is 0.0652. The number of carbonyl (C=O) groups excluding carboxylic acids is 1. The summed E-state index contributed by atoms with van der Waals surface area (Å²) in [4.78, 5) is 20.9. The molecule has 8 nitrogen and oxygen atoms in total. The molecule has 0 radical (unpaired) electrons. The summed E-state index contributed by atoms with van der Waals surface area (Å²) in [6.45, 7) is 0. The molecule has 2 N–H and O–H groups in total. The Bertz CT molecular complexity index is 1150. The van der Waals surface area contributed by atoms with Gasteiger partial charge in [0.05, 0.1) is 25.5 Å². The predicted molar refractivity (Wildman–Crippen MR) is 127 cm³/mol. The van der Waals surface area contributed by atoms with Gasteiger partial charge in [0.15, 0.2) is 0 Å². The van der Waals surface area contributed by atoms with Crippen molar-refractivity contribution in [1.82, 2.24) is 9.97 Å². The van der Waals surface area contributed by atoms with Gasteiger partial charge in [-0.25, -0.2) is 9.97 Å². The Kier molecular flexibility index (Phi) is 7.89. The molecule has 0 aliphatic rings. The van der Waals surface area contributed by atoms with Crippen molar-refractivity contribution in [1.29, 1.82) is 5.26 Å². The summed E-state index contributed by atoms with van der Waals surface area (Å²) in [6.07, 6.45) is 4.02. The molecule has 0 atom stereocenters. The molecule has 9 heteroatoms. The van der Waals surface area contributed by atoms with Crippen molar-refractivity contribution in [3.05, 3.63) is 54.2 Å². The van der Waals surface area contributed by atoms with Crippen LogP contribution in [0.3, 0.4) is 0 Å². The van der Waals surface area contributed by atoms with E-state index in [-0.39, 0.29) is 5.91 Å². The summed E-state index contributed by atoms with van der Waals surface area (Å²) >= 11 is 1.62. The molecule has 0 fully saturated rings. The largest absolute Gasteiger partial charge is 0.497 e. The number of rotatable bonds is 9. The van der Waals surface area contributed by atoms with E-state index in [4.69, 9.17) is 9.47 Å². The molecule has 2 aromatic carbocycles. The van der Waals surface area contributed by atoms with Gasteiger partial charge in [-0.1, -0.05) is 0 Å². The van der Waals surface area contributed by atoms with E-state index in [2.05, 4.69) is 26.7 Å². The standard InChI is InChI=1S/C23H23N5O3S/c1-30-19-12-17(26-22(29)7-9-32-3)11-18(13-19)27-23-25-8-6-20(28-23)15-4-5-21(31-2)16(10-15)14-24/h4-6,8,10-13H,7,9H2,1-3H3,(H,26,29)(H,25,27,28). The topological polar surface area (TPSA) is 109 Å². The van der Waals surface area contributed by atoms with Gasteiger partial charge >= 0.3 is 0 Å². The predicted octanol–water partition coefficient (Wildman–Crippen LogP) is 4.47. The van der Waals surface area contributed by atoms with Crippen LogP contribution in [0.1, 0.15) is 12.0 Å². The number of benzene rings is 2. The lowest BCUT2D eigenvalue weighted by molar-refractivity contribution is -0.115. The second kappa shape index (κ2) is 11.0. The summed E-state index contributed by atoms with van der Waals surface area (Å²) in [5, 5.41) is 15.4. The lowest BCUT2D eigenvalue weighted by atomic mass is 10.1. The van der Waals surface area contributed by atoms with Crippen molar-refractivity contribution < 1.29 is 14.3 Å². The summed E-state index contributed by atoms with van der Waals surface area (Å²) in [7, 11) is 3.09. The molecule has 32 heavy (non-hydrogen) atoms. The van der Waals surface area contributed by atoms with Crippen molar-refractivity contribution in [2.24, 2.45) is 0 Å². The number of nitriles is 1. The molecule has 1 heterocycles. The third-order valence-corrected chi connectivity index (χ3v) is 5.10. The molecule has 0 aliphatic heterocycles. The van der Waals surface area contributed by atoms with Crippen molar-refractivity contribution >= 4 is 35.0 Å². The maximum absolute atomic E-state index is 12.1. The molecule has 1 amide bonds. The van der Waals surface area contributed by atoms with Crippen LogP contribution in [0.2, 0.25) is 0 Å². The Hall–Kier alpha value is -3.77. The van der Waals surface area contributed by atoms with Crippen molar-refractivity contribution in [2.75, 3.05) is 36.9 Å². The van der Waals surface area contributed by atoms with E-state index < -0.39 is 0 Å². The highest BCUT2D eigenvalue weighted by Crippen LogP contribution is 2.28. The maximum Gasteiger partial charge on any atom is 0.227 e. The first-order chi connectivity index (χ1) is 15.6. The van der Waals surface area contributed by atoms with Crippen LogP contribution in [0.15, 0.2) is 48.7 Å². The van der Waals surface area contributed by atoms with E-state index in [0.29, 0.717) is 46.5 Å². The van der Waals surface area contributed by atoms with Crippen LogP contribution in [0.4, 0.5) is 17.3 Å². The fraction of sp³-hybridized carbons (Fsp3) is 0.217. The third-order valence-electron chi connectivity index (χ3n) is 4.49. The first-order valence-electron chi connectivity index (χ1n) is 9.72. The quantitative estimate of drug-likeness (QED) is 0.493. The molecule has 0 saturated heterocycles. The number of thioether (sulfide) groups is 1. The smallest absolute Gasteiger partial charge is 0.227 e. The summed E-state index contributed by atoms with van der Waals surface area (Å²) in [5.41, 5.74) is 3.11. The van der Waals surface area contributed by atoms with E-state index in [1.165, 1.54) is 7.11 Å². The summed E-state index contributed by atoms with van der Waals surface area (Å²) in [5.74, 6) is 2.14. The SMILES string of the molecule is COc1cc(NC(=O)CCSC)cc(Nc2nccc(-c3ccc(OC)c(C#N)c3)n2)c1. The molecule has 3 aromatic rings. The average Bonchev–Trinajstić information content (AvgIpc) is 2.82. The van der Waals surface area contributed by atoms with Gasteiger partial charge in [-0.05, 0) is 36.6 Å². The number of nitrogens with one attached hydrogen (secondary N) is 2. The Labute approximate surface area is 191 Å². The minimum atomic E-state index is -0.0652. The van der Waals surface area contributed by atoms with Crippen LogP contribution in [0, 0.1) is 11.3 Å². The number of hydrogen-bond donors (Lipinski definition) is 2. The minimum Gasteiger partial charge on any atom is -0.497 e. The van der Waals surface area contributed by atoms with Crippen LogP contribution in [-0.4, -0.2) is 42.1 Å². The molecule has 164 valence electrons. The number of hydrogen-bond acceptors (Lipinski definition) is 8. The molecular weight excluding hydrogens is 426 g/mol. The van der Waals surface area contributed by atoms with Gasteiger partial charge in [-0.15, -0.1) is 0 Å². The molecule has 1 aromatic heterocycles. The summed E-state index contributed by atoms with van der Waals surface area (Å²) in [6, 6.07) is 14.5. The number of anilines is 3. The Morgan fingerprint density at radius 2 is 1.94 bits per heavy atom. The fourth-order valence-corrected chi connectivity index (χ4v) is 3.33. The van der Waals surface area contributed by atoms with E-state index in [0.717, 1.165) is 11.3 Å². The van der Waals surface area contributed by atoms with Crippen LogP contribution in [-0.2, 0) is 4.79 Å². The zero-order chi connectivity index (χ0) is 22.9. The highest BCUT2D eigenvalue weighted by molar-refractivity contribution is 7.98.